The Morgan fingerprint density at radius 2 is 1.84 bits per heavy atom. The molecule has 0 saturated heterocycles. The first-order valence-corrected chi connectivity index (χ1v) is 9.80. The molecule has 1 amide bonds. The Hall–Kier alpha value is -3.86. The molecular weight excluding hydrogens is 444 g/mol. The van der Waals surface area contributed by atoms with Gasteiger partial charge < -0.3 is 14.5 Å². The van der Waals surface area contributed by atoms with Crippen molar-refractivity contribution in [1.29, 1.82) is 0 Å². The number of alkyl halides is 2. The minimum absolute atomic E-state index is 0.135. The van der Waals surface area contributed by atoms with E-state index in [1.807, 2.05) is 19.1 Å². The van der Waals surface area contributed by atoms with Gasteiger partial charge in [-0.05, 0) is 37.3 Å². The molecule has 4 aromatic rings. The van der Waals surface area contributed by atoms with Crippen LogP contribution in [0.25, 0.3) is 11.0 Å². The van der Waals surface area contributed by atoms with Gasteiger partial charge in [-0.25, -0.2) is 8.78 Å². The number of halogens is 2. The van der Waals surface area contributed by atoms with Crippen LogP contribution in [0.1, 0.15) is 28.1 Å². The number of hydrogen-bond acceptors (Lipinski definition) is 6. The van der Waals surface area contributed by atoms with Gasteiger partial charge in [0.15, 0.2) is 11.6 Å². The average Bonchev–Trinajstić information content (AvgIpc) is 3.36. The molecule has 4 rings (SSSR count). The first kappa shape index (κ1) is 22.8. The minimum atomic E-state index is -2.78. The van der Waals surface area contributed by atoms with Crippen molar-refractivity contribution in [2.24, 2.45) is 7.05 Å². The lowest BCUT2D eigenvalue weighted by atomic mass is 10.1. The van der Waals surface area contributed by atoms with Crippen molar-refractivity contribution in [1.82, 2.24) is 9.78 Å². The summed E-state index contributed by atoms with van der Waals surface area (Å²) >= 11 is -0.750. The third kappa shape index (κ3) is 5.43. The number of anilines is 1. The minimum Gasteiger partial charge on any atom is -0.457 e. The van der Waals surface area contributed by atoms with Crippen molar-refractivity contribution in [3.63, 3.8) is 0 Å². The van der Waals surface area contributed by atoms with Crippen molar-refractivity contribution in [3.8, 4) is 11.5 Å². The first-order valence-electron chi connectivity index (χ1n) is 9.13. The summed E-state index contributed by atoms with van der Waals surface area (Å²) in [6.45, 7) is 1.94. The topological polar surface area (TPSA) is 103 Å². The SMILES string of the molecule is Cc1ccc(Oc2cc(C(=O)Nc3ccn(C)n3)cc3oc(C(F)F)cc23)cc1.O=S=O. The van der Waals surface area contributed by atoms with Gasteiger partial charge in [0.25, 0.3) is 12.3 Å². The van der Waals surface area contributed by atoms with Crippen LogP contribution in [0, 0.1) is 6.92 Å². The molecule has 166 valence electrons. The van der Waals surface area contributed by atoms with E-state index in [1.165, 1.54) is 18.2 Å². The molecule has 0 aliphatic rings. The molecule has 2 heterocycles. The number of amides is 1. The molecule has 32 heavy (non-hydrogen) atoms. The number of furan rings is 1. The normalized spacial score (nSPS) is 10.5. The molecule has 0 aliphatic heterocycles. The fraction of sp³-hybridized carbons (Fsp3) is 0.143. The van der Waals surface area contributed by atoms with E-state index in [9.17, 15) is 13.6 Å². The summed E-state index contributed by atoms with van der Waals surface area (Å²) in [5.74, 6) is 0.170. The molecule has 1 N–H and O–H groups in total. The maximum Gasteiger partial charge on any atom is 0.335 e. The van der Waals surface area contributed by atoms with Crippen LogP contribution < -0.4 is 10.1 Å². The predicted molar refractivity (Wildman–Crippen MR) is 113 cm³/mol. The van der Waals surface area contributed by atoms with Crippen molar-refractivity contribution in [3.05, 3.63) is 71.6 Å². The maximum atomic E-state index is 13.1. The second kappa shape index (κ2) is 9.96. The molecule has 0 atom stereocenters. The zero-order chi connectivity index (χ0) is 23.3. The highest BCUT2D eigenvalue weighted by Gasteiger charge is 2.20. The highest BCUT2D eigenvalue weighted by atomic mass is 32.1. The van der Waals surface area contributed by atoms with Crippen LogP contribution >= 0.6 is 0 Å². The Balaban J connectivity index is 0.000000913. The second-order valence-electron chi connectivity index (χ2n) is 6.65. The van der Waals surface area contributed by atoms with Gasteiger partial charge in [-0.15, -0.1) is 0 Å². The van der Waals surface area contributed by atoms with Gasteiger partial charge in [0, 0.05) is 24.9 Å². The number of aryl methyl sites for hydroxylation is 2. The molecule has 2 aromatic carbocycles. The van der Waals surface area contributed by atoms with Gasteiger partial charge in [-0.3, -0.25) is 9.48 Å². The molecule has 0 fully saturated rings. The smallest absolute Gasteiger partial charge is 0.335 e. The number of carbonyl (C=O) groups is 1. The van der Waals surface area contributed by atoms with Gasteiger partial charge in [-0.2, -0.15) is 13.5 Å². The van der Waals surface area contributed by atoms with E-state index in [4.69, 9.17) is 17.6 Å². The standard InChI is InChI=1S/C21H17F2N3O3.O2S/c1-12-3-5-14(6-4-12)28-16-9-13(21(27)24-19-7-8-26(2)25-19)10-17-15(16)11-18(29-17)20(22)23;1-3-2/h3-11,20H,1-2H3,(H,24,25,27);. The summed E-state index contributed by atoms with van der Waals surface area (Å²) in [7, 11) is 1.73. The first-order chi connectivity index (χ1) is 15.3. The van der Waals surface area contributed by atoms with Gasteiger partial charge in [-0.1, -0.05) is 17.7 Å². The quantitative estimate of drug-likeness (QED) is 0.459. The fourth-order valence-corrected chi connectivity index (χ4v) is 2.85. The fourth-order valence-electron chi connectivity index (χ4n) is 2.85. The molecule has 0 aliphatic carbocycles. The largest absolute Gasteiger partial charge is 0.457 e. The number of fused-ring (bicyclic) bond motifs is 1. The van der Waals surface area contributed by atoms with Gasteiger partial charge in [0.05, 0.1) is 5.39 Å². The lowest BCUT2D eigenvalue weighted by Crippen LogP contribution is -2.12. The van der Waals surface area contributed by atoms with E-state index in [0.717, 1.165) is 5.56 Å². The molecule has 11 heteroatoms. The van der Waals surface area contributed by atoms with Crippen molar-refractivity contribution in [2.45, 2.75) is 13.3 Å². The second-order valence-corrected chi connectivity index (χ2v) is 6.78. The number of carbonyl (C=O) groups excluding carboxylic acids is 1. The number of hydrogen-bond donors (Lipinski definition) is 1. The van der Waals surface area contributed by atoms with E-state index >= 15 is 0 Å². The van der Waals surface area contributed by atoms with E-state index in [-0.39, 0.29) is 16.9 Å². The van der Waals surface area contributed by atoms with Crippen molar-refractivity contribution >= 4 is 34.3 Å². The highest BCUT2D eigenvalue weighted by molar-refractivity contribution is 7.51. The summed E-state index contributed by atoms with van der Waals surface area (Å²) in [6, 6.07) is 13.0. The molecule has 0 bridgehead atoms. The van der Waals surface area contributed by atoms with Crippen LogP contribution in [0.5, 0.6) is 11.5 Å². The Labute approximate surface area is 184 Å². The zero-order valence-corrected chi connectivity index (χ0v) is 17.7. The number of nitrogens with one attached hydrogen (secondary N) is 1. The maximum absolute atomic E-state index is 13.1. The summed E-state index contributed by atoms with van der Waals surface area (Å²) in [5, 5.41) is 7.11. The van der Waals surface area contributed by atoms with Gasteiger partial charge in [0.2, 0.25) is 0 Å². The lowest BCUT2D eigenvalue weighted by molar-refractivity contribution is 0.102. The number of ether oxygens (including phenoxy) is 1. The molecule has 0 unspecified atom stereocenters. The van der Waals surface area contributed by atoms with E-state index < -0.39 is 29.7 Å². The average molecular weight is 461 g/mol. The third-order valence-corrected chi connectivity index (χ3v) is 4.30. The molecular formula is C21H17F2N3O5S. The molecule has 0 spiro atoms. The molecule has 8 nitrogen and oxygen atoms in total. The predicted octanol–water partition coefficient (Wildman–Crippen LogP) is 4.79. The Morgan fingerprint density at radius 1 is 1.16 bits per heavy atom. The summed E-state index contributed by atoms with van der Waals surface area (Å²) in [6.07, 6.45) is -1.09. The van der Waals surface area contributed by atoms with Crippen LogP contribution in [-0.4, -0.2) is 24.1 Å². The van der Waals surface area contributed by atoms with Crippen molar-refractivity contribution < 1.29 is 31.1 Å². The summed E-state index contributed by atoms with van der Waals surface area (Å²) in [4.78, 5) is 12.7. The Morgan fingerprint density at radius 3 is 2.44 bits per heavy atom. The zero-order valence-electron chi connectivity index (χ0n) is 16.9. The molecule has 2 aromatic heterocycles. The van der Waals surface area contributed by atoms with Crippen molar-refractivity contribution in [2.75, 3.05) is 5.32 Å². The Bertz CT molecular complexity index is 1280. The van der Waals surface area contributed by atoms with E-state index in [2.05, 4.69) is 10.4 Å². The Kier molecular flexibility index (Phi) is 7.11. The lowest BCUT2D eigenvalue weighted by Gasteiger charge is -2.09. The van der Waals surface area contributed by atoms with E-state index in [1.54, 1.807) is 36.1 Å². The third-order valence-electron chi connectivity index (χ3n) is 4.30. The monoisotopic (exact) mass is 461 g/mol. The molecule has 0 radical (unpaired) electrons. The van der Waals surface area contributed by atoms with E-state index in [0.29, 0.717) is 17.0 Å². The summed E-state index contributed by atoms with van der Waals surface area (Å²) < 4.78 is 55.5. The van der Waals surface area contributed by atoms with Crippen LogP contribution in [0.4, 0.5) is 14.6 Å². The van der Waals surface area contributed by atoms with Crippen LogP contribution in [0.3, 0.4) is 0 Å². The molecule has 0 saturated carbocycles. The van der Waals surface area contributed by atoms with Crippen LogP contribution in [0.2, 0.25) is 0 Å². The number of benzene rings is 2. The summed E-state index contributed by atoms with van der Waals surface area (Å²) in [5.41, 5.74) is 1.38. The van der Waals surface area contributed by atoms with Crippen LogP contribution in [-0.2, 0) is 18.6 Å². The number of rotatable bonds is 5. The van der Waals surface area contributed by atoms with Crippen LogP contribution in [0.15, 0.2) is 59.1 Å². The highest BCUT2D eigenvalue weighted by Crippen LogP contribution is 2.36. The number of aromatic nitrogens is 2. The van der Waals surface area contributed by atoms with Gasteiger partial charge in [0.1, 0.15) is 17.1 Å². The number of nitrogens with zero attached hydrogens (tertiary/aromatic N) is 2. The van der Waals surface area contributed by atoms with Gasteiger partial charge >= 0.3 is 11.6 Å².